The minimum atomic E-state index is -2.62. The molecule has 0 aliphatic carbocycles. The van der Waals surface area contributed by atoms with Gasteiger partial charge in [0.25, 0.3) is 0 Å². The third kappa shape index (κ3) is 2.36. The highest BCUT2D eigenvalue weighted by Gasteiger charge is 2.33. The van der Waals surface area contributed by atoms with Crippen molar-refractivity contribution in [2.75, 3.05) is 4.81 Å². The summed E-state index contributed by atoms with van der Waals surface area (Å²) >= 11 is 0. The van der Waals surface area contributed by atoms with E-state index >= 15 is 0 Å². The highest BCUT2D eigenvalue weighted by atomic mass is 19.2. The number of halogens is 10. The fourth-order valence-corrected chi connectivity index (χ4v) is 1.72. The van der Waals surface area contributed by atoms with E-state index in [9.17, 15) is 43.9 Å². The summed E-state index contributed by atoms with van der Waals surface area (Å²) in [5.41, 5.74) is -4.23. The van der Waals surface area contributed by atoms with Crippen molar-refractivity contribution in [3.8, 4) is 0 Å². The quantitative estimate of drug-likeness (QED) is 0.335. The SMILES string of the molecule is [B]N(c1c(F)c(F)c(F)c(F)c1F)c1c(F)c(F)c(F)c(F)c1F. The van der Waals surface area contributed by atoms with Crippen molar-refractivity contribution in [3.63, 3.8) is 0 Å². The van der Waals surface area contributed by atoms with Gasteiger partial charge in [-0.3, -0.25) is 0 Å². The highest BCUT2D eigenvalue weighted by molar-refractivity contribution is 6.22. The number of anilines is 2. The lowest BCUT2D eigenvalue weighted by Crippen LogP contribution is -2.22. The standard InChI is InChI=1S/C12BF10N/c13-24(11-7(20)3(16)1(14)4(17)8(11)21)12-9(22)5(18)2(15)6(19)10(12)23. The molecule has 0 aliphatic rings. The monoisotopic (exact) mass is 359 g/mol. The Morgan fingerprint density at radius 2 is 0.542 bits per heavy atom. The molecular formula is C12BF10N. The van der Waals surface area contributed by atoms with E-state index in [0.29, 0.717) is 0 Å². The van der Waals surface area contributed by atoms with E-state index in [0.717, 1.165) is 0 Å². The van der Waals surface area contributed by atoms with Gasteiger partial charge in [-0.1, -0.05) is 0 Å². The van der Waals surface area contributed by atoms with Gasteiger partial charge in [-0.15, -0.1) is 0 Å². The highest BCUT2D eigenvalue weighted by Crippen LogP contribution is 2.37. The Kier molecular flexibility index (Phi) is 4.42. The molecule has 0 bridgehead atoms. The van der Waals surface area contributed by atoms with Crippen LogP contribution in [0.2, 0.25) is 0 Å². The van der Waals surface area contributed by atoms with Gasteiger partial charge in [0.2, 0.25) is 19.6 Å². The predicted molar refractivity (Wildman–Crippen MR) is 60.4 cm³/mol. The van der Waals surface area contributed by atoms with E-state index in [2.05, 4.69) is 0 Å². The molecule has 0 saturated heterocycles. The van der Waals surface area contributed by atoms with Gasteiger partial charge >= 0.3 is 0 Å². The van der Waals surface area contributed by atoms with E-state index in [4.69, 9.17) is 7.98 Å². The summed E-state index contributed by atoms with van der Waals surface area (Å²) in [6.07, 6.45) is 0. The molecule has 0 unspecified atom stereocenters. The second kappa shape index (κ2) is 5.91. The van der Waals surface area contributed by atoms with Crippen LogP contribution in [0, 0.1) is 58.2 Å². The zero-order valence-electron chi connectivity index (χ0n) is 10.8. The van der Waals surface area contributed by atoms with Crippen LogP contribution in [0.15, 0.2) is 0 Å². The van der Waals surface area contributed by atoms with Crippen LogP contribution >= 0.6 is 0 Å². The minimum Gasteiger partial charge on any atom is -0.388 e. The van der Waals surface area contributed by atoms with Gasteiger partial charge in [-0.25, -0.2) is 43.9 Å². The second-order valence-corrected chi connectivity index (χ2v) is 4.21. The van der Waals surface area contributed by atoms with E-state index in [1.807, 2.05) is 0 Å². The Bertz CT molecular complexity index is 725. The topological polar surface area (TPSA) is 3.24 Å². The Morgan fingerprint density at radius 3 is 0.750 bits per heavy atom. The molecule has 126 valence electrons. The zero-order chi connectivity index (χ0) is 18.5. The molecule has 0 heterocycles. The number of hydrogen-bond donors (Lipinski definition) is 0. The molecule has 0 N–H and O–H groups in total. The van der Waals surface area contributed by atoms with Gasteiger partial charge in [-0.2, -0.15) is 0 Å². The largest absolute Gasteiger partial charge is 0.388 e. The van der Waals surface area contributed by atoms with Crippen LogP contribution in [0.25, 0.3) is 0 Å². The summed E-state index contributed by atoms with van der Waals surface area (Å²) in [6, 6.07) is 0. The smallest absolute Gasteiger partial charge is 0.235 e. The predicted octanol–water partition coefficient (Wildman–Crippen LogP) is 4.30. The molecule has 1 nitrogen and oxygen atoms in total. The summed E-state index contributed by atoms with van der Waals surface area (Å²) in [4.78, 5) is -0.869. The Balaban J connectivity index is 2.84. The minimum absolute atomic E-state index is 0.869. The van der Waals surface area contributed by atoms with E-state index in [1.54, 1.807) is 0 Å². The van der Waals surface area contributed by atoms with Crippen molar-refractivity contribution in [2.45, 2.75) is 0 Å². The van der Waals surface area contributed by atoms with Crippen LogP contribution in [0.5, 0.6) is 0 Å². The van der Waals surface area contributed by atoms with Crippen molar-refractivity contribution in [3.05, 3.63) is 58.2 Å². The van der Waals surface area contributed by atoms with Crippen molar-refractivity contribution >= 4 is 19.4 Å². The third-order valence-electron chi connectivity index (χ3n) is 2.86. The van der Waals surface area contributed by atoms with Gasteiger partial charge in [-0.05, 0) is 0 Å². The molecule has 2 radical (unpaired) electrons. The number of hydrogen-bond acceptors (Lipinski definition) is 1. The van der Waals surface area contributed by atoms with Gasteiger partial charge in [0.05, 0.1) is 0 Å². The summed E-state index contributed by atoms with van der Waals surface area (Å²) in [7, 11) is 4.86. The van der Waals surface area contributed by atoms with Crippen molar-refractivity contribution in [1.82, 2.24) is 0 Å². The van der Waals surface area contributed by atoms with Crippen LogP contribution in [-0.4, -0.2) is 7.98 Å². The second-order valence-electron chi connectivity index (χ2n) is 4.21. The van der Waals surface area contributed by atoms with Crippen LogP contribution in [0.4, 0.5) is 55.3 Å². The molecule has 2 aromatic rings. The van der Waals surface area contributed by atoms with Crippen LogP contribution in [0.1, 0.15) is 0 Å². The van der Waals surface area contributed by atoms with Crippen molar-refractivity contribution in [1.29, 1.82) is 0 Å². The van der Waals surface area contributed by atoms with Gasteiger partial charge in [0.15, 0.2) is 46.5 Å². The maximum absolute atomic E-state index is 13.5. The summed E-state index contributed by atoms with van der Waals surface area (Å²) in [5.74, 6) is -25.9. The average molecular weight is 359 g/mol. The molecule has 2 rings (SSSR count). The van der Waals surface area contributed by atoms with Gasteiger partial charge in [0.1, 0.15) is 11.4 Å². The molecule has 0 aliphatic heterocycles. The normalized spacial score (nSPS) is 11.1. The first-order valence-corrected chi connectivity index (χ1v) is 5.60. The van der Waals surface area contributed by atoms with Crippen molar-refractivity contribution in [2.24, 2.45) is 0 Å². The molecule has 0 fully saturated rings. The summed E-state index contributed by atoms with van der Waals surface area (Å²) in [6.45, 7) is 0. The first kappa shape index (κ1) is 18.0. The molecule has 0 spiro atoms. The first-order chi connectivity index (χ1) is 11.0. The lowest BCUT2D eigenvalue weighted by molar-refractivity contribution is 0.376. The van der Waals surface area contributed by atoms with Crippen LogP contribution < -0.4 is 4.81 Å². The lowest BCUT2D eigenvalue weighted by atomic mass is 10.1. The molecule has 0 amide bonds. The summed E-state index contributed by atoms with van der Waals surface area (Å²) < 4.78 is 132. The maximum atomic E-state index is 13.5. The molecule has 12 heteroatoms. The Morgan fingerprint density at radius 1 is 0.375 bits per heavy atom. The number of benzene rings is 2. The fourth-order valence-electron chi connectivity index (χ4n) is 1.72. The van der Waals surface area contributed by atoms with Crippen LogP contribution in [0.3, 0.4) is 0 Å². The first-order valence-electron chi connectivity index (χ1n) is 5.60. The third-order valence-corrected chi connectivity index (χ3v) is 2.86. The molecular weight excluding hydrogens is 359 g/mol. The van der Waals surface area contributed by atoms with Crippen LogP contribution in [-0.2, 0) is 0 Å². The molecule has 2 aromatic carbocycles. The number of rotatable bonds is 2. The number of nitrogens with zero attached hydrogens (tertiary/aromatic N) is 1. The molecule has 0 atom stereocenters. The van der Waals surface area contributed by atoms with E-state index < -0.39 is 74.4 Å². The molecule has 24 heavy (non-hydrogen) atoms. The van der Waals surface area contributed by atoms with Gasteiger partial charge < -0.3 is 4.81 Å². The molecule has 0 aromatic heterocycles. The van der Waals surface area contributed by atoms with E-state index in [-0.39, 0.29) is 0 Å². The zero-order valence-corrected chi connectivity index (χ0v) is 10.8. The Hall–Kier alpha value is -2.40. The van der Waals surface area contributed by atoms with Crippen molar-refractivity contribution < 1.29 is 43.9 Å². The van der Waals surface area contributed by atoms with E-state index in [1.165, 1.54) is 0 Å². The maximum Gasteiger partial charge on any atom is 0.235 e. The fraction of sp³-hybridized carbons (Fsp3) is 0. The molecule has 0 saturated carbocycles. The lowest BCUT2D eigenvalue weighted by Gasteiger charge is -2.23. The summed E-state index contributed by atoms with van der Waals surface area (Å²) in [5, 5.41) is 0. The average Bonchev–Trinajstić information content (AvgIpc) is 2.55. The Labute approximate surface area is 127 Å². The van der Waals surface area contributed by atoms with Gasteiger partial charge in [0, 0.05) is 0 Å².